The molecule has 2 rings (SSSR count). The van der Waals surface area contributed by atoms with E-state index < -0.39 is 11.5 Å². The van der Waals surface area contributed by atoms with E-state index in [4.69, 9.17) is 0 Å². The second-order valence-electron chi connectivity index (χ2n) is 5.98. The highest BCUT2D eigenvalue weighted by atomic mass is 19.1. The third-order valence-corrected chi connectivity index (χ3v) is 4.50. The van der Waals surface area contributed by atoms with Crippen molar-refractivity contribution in [1.29, 1.82) is 0 Å². The summed E-state index contributed by atoms with van der Waals surface area (Å²) in [6.45, 7) is 3.73. The van der Waals surface area contributed by atoms with Gasteiger partial charge in [0.2, 0.25) is 11.8 Å². The first kappa shape index (κ1) is 16.6. The lowest BCUT2D eigenvalue weighted by Crippen LogP contribution is -2.45. The number of amides is 2. The van der Waals surface area contributed by atoms with E-state index in [2.05, 4.69) is 0 Å². The highest BCUT2D eigenvalue weighted by Gasteiger charge is 2.41. The minimum absolute atomic E-state index is 0.0532. The molecule has 1 saturated heterocycles. The van der Waals surface area contributed by atoms with Gasteiger partial charge in [0.1, 0.15) is 5.82 Å². The Bertz CT molecular complexity index is 552. The second-order valence-corrected chi connectivity index (χ2v) is 5.98. The number of carbonyl (C=O) groups is 2. The van der Waals surface area contributed by atoms with E-state index in [1.54, 1.807) is 12.1 Å². The Morgan fingerprint density at radius 1 is 1.23 bits per heavy atom. The number of halogens is 1. The van der Waals surface area contributed by atoms with Gasteiger partial charge in [-0.2, -0.15) is 0 Å². The van der Waals surface area contributed by atoms with E-state index in [9.17, 15) is 19.1 Å². The Morgan fingerprint density at radius 2 is 1.82 bits per heavy atom. The molecule has 1 aromatic carbocycles. The van der Waals surface area contributed by atoms with Gasteiger partial charge in [0.05, 0.1) is 18.1 Å². The Morgan fingerprint density at radius 3 is 2.36 bits per heavy atom. The van der Waals surface area contributed by atoms with Crippen molar-refractivity contribution in [1.82, 2.24) is 4.90 Å². The van der Waals surface area contributed by atoms with Gasteiger partial charge in [-0.15, -0.1) is 0 Å². The highest BCUT2D eigenvalue weighted by Crippen LogP contribution is 2.27. The molecule has 1 atom stereocenters. The van der Waals surface area contributed by atoms with Gasteiger partial charge < -0.3 is 5.11 Å². The Balaban J connectivity index is 2.06. The second kappa shape index (κ2) is 6.57. The summed E-state index contributed by atoms with van der Waals surface area (Å²) in [6.07, 6.45) is 1.55. The smallest absolute Gasteiger partial charge is 0.233 e. The predicted octanol–water partition coefficient (Wildman–Crippen LogP) is 2.29. The van der Waals surface area contributed by atoms with Crippen LogP contribution in [0, 0.1) is 11.7 Å². The Hall–Kier alpha value is -1.75. The van der Waals surface area contributed by atoms with Gasteiger partial charge in [0, 0.05) is 6.42 Å². The van der Waals surface area contributed by atoms with Gasteiger partial charge in [-0.25, -0.2) is 4.39 Å². The zero-order valence-electron chi connectivity index (χ0n) is 13.0. The van der Waals surface area contributed by atoms with Gasteiger partial charge in [0.25, 0.3) is 0 Å². The number of benzene rings is 1. The van der Waals surface area contributed by atoms with Crippen LogP contribution < -0.4 is 0 Å². The van der Waals surface area contributed by atoms with Gasteiger partial charge >= 0.3 is 0 Å². The summed E-state index contributed by atoms with van der Waals surface area (Å²) in [5.41, 5.74) is -0.188. The number of likely N-dealkylation sites (tertiary alicyclic amines) is 1. The fourth-order valence-electron chi connectivity index (χ4n) is 2.75. The molecule has 0 bridgehead atoms. The van der Waals surface area contributed by atoms with Gasteiger partial charge in [-0.1, -0.05) is 26.0 Å². The maximum atomic E-state index is 12.9. The molecule has 0 spiro atoms. The average Bonchev–Trinajstić information content (AvgIpc) is 2.77. The number of hydrogen-bond acceptors (Lipinski definition) is 3. The van der Waals surface area contributed by atoms with Crippen molar-refractivity contribution in [3.8, 4) is 0 Å². The summed E-state index contributed by atoms with van der Waals surface area (Å²) in [5.74, 6) is -1.22. The molecule has 1 heterocycles. The number of aliphatic hydroxyl groups is 1. The van der Waals surface area contributed by atoms with Crippen molar-refractivity contribution in [3.63, 3.8) is 0 Å². The van der Waals surface area contributed by atoms with Gasteiger partial charge in [0.15, 0.2) is 0 Å². The molecule has 1 aliphatic heterocycles. The molecule has 0 saturated carbocycles. The first-order valence-electron chi connectivity index (χ1n) is 7.69. The number of nitrogens with zero attached hydrogens (tertiary/aromatic N) is 1. The fraction of sp³-hybridized carbons (Fsp3) is 0.529. The monoisotopic (exact) mass is 307 g/mol. The van der Waals surface area contributed by atoms with Crippen LogP contribution in [-0.4, -0.2) is 34.0 Å². The number of β-amino-alcohol motifs (C(OH)–C–C–N with tert-alkyl or cyclic N) is 1. The molecule has 1 N–H and O–H groups in total. The number of carbonyl (C=O) groups excluding carboxylic acids is 2. The van der Waals surface area contributed by atoms with Crippen LogP contribution in [0.4, 0.5) is 4.39 Å². The standard InChI is InChI=1S/C17H22FNO3/c1-3-17(22,4-2)11-19-15(20)10-13(16(19)21)9-12-5-7-14(18)8-6-12/h5-8,13,22H,3-4,9-11H2,1-2H3. The van der Waals surface area contributed by atoms with Crippen LogP contribution in [0.5, 0.6) is 0 Å². The van der Waals surface area contributed by atoms with E-state index in [-0.39, 0.29) is 30.6 Å². The summed E-state index contributed by atoms with van der Waals surface area (Å²) in [4.78, 5) is 25.7. The first-order chi connectivity index (χ1) is 10.4. The molecule has 1 aromatic rings. The number of imide groups is 1. The molecule has 1 aliphatic rings. The summed E-state index contributed by atoms with van der Waals surface area (Å²) in [7, 11) is 0. The van der Waals surface area contributed by atoms with Crippen LogP contribution in [-0.2, 0) is 16.0 Å². The molecule has 2 amide bonds. The van der Waals surface area contributed by atoms with Crippen LogP contribution in [0.3, 0.4) is 0 Å². The Labute approximate surface area is 129 Å². The minimum atomic E-state index is -1.02. The minimum Gasteiger partial charge on any atom is -0.388 e. The van der Waals surface area contributed by atoms with Crippen LogP contribution >= 0.6 is 0 Å². The SMILES string of the molecule is CCC(O)(CC)CN1C(=O)CC(Cc2ccc(F)cc2)C1=O. The van der Waals surface area contributed by atoms with E-state index >= 15 is 0 Å². The van der Waals surface area contributed by atoms with E-state index in [0.717, 1.165) is 5.56 Å². The zero-order chi connectivity index (χ0) is 16.3. The molecule has 1 unspecified atom stereocenters. The molecule has 5 heteroatoms. The highest BCUT2D eigenvalue weighted by molar-refractivity contribution is 6.03. The molecule has 4 nitrogen and oxygen atoms in total. The quantitative estimate of drug-likeness (QED) is 0.820. The summed E-state index contributed by atoms with van der Waals surface area (Å²) in [5, 5.41) is 10.3. The average molecular weight is 307 g/mol. The van der Waals surface area contributed by atoms with Crippen molar-refractivity contribution < 1.29 is 19.1 Å². The molecule has 120 valence electrons. The normalized spacial score (nSPS) is 19.1. The van der Waals surface area contributed by atoms with Gasteiger partial charge in [-0.05, 0) is 37.0 Å². The zero-order valence-corrected chi connectivity index (χ0v) is 13.0. The summed E-state index contributed by atoms with van der Waals surface area (Å²) in [6, 6.07) is 5.96. The fourth-order valence-corrected chi connectivity index (χ4v) is 2.75. The molecule has 1 fully saturated rings. The van der Waals surface area contributed by atoms with E-state index in [0.29, 0.717) is 19.3 Å². The topological polar surface area (TPSA) is 57.6 Å². The van der Waals surface area contributed by atoms with E-state index in [1.807, 2.05) is 13.8 Å². The van der Waals surface area contributed by atoms with Crippen LogP contribution in [0.25, 0.3) is 0 Å². The lowest BCUT2D eigenvalue weighted by molar-refractivity contribution is -0.143. The largest absolute Gasteiger partial charge is 0.388 e. The molecular weight excluding hydrogens is 285 g/mol. The van der Waals surface area contributed by atoms with Crippen molar-refractivity contribution in [2.75, 3.05) is 6.54 Å². The van der Waals surface area contributed by atoms with Gasteiger partial charge in [-0.3, -0.25) is 14.5 Å². The summed E-state index contributed by atoms with van der Waals surface area (Å²) >= 11 is 0. The lowest BCUT2D eigenvalue weighted by Gasteiger charge is -2.29. The van der Waals surface area contributed by atoms with Crippen molar-refractivity contribution in [2.24, 2.45) is 5.92 Å². The lowest BCUT2D eigenvalue weighted by atomic mass is 9.96. The number of rotatable bonds is 6. The molecular formula is C17H22FNO3. The van der Waals surface area contributed by atoms with Crippen molar-refractivity contribution in [2.45, 2.75) is 45.1 Å². The number of hydrogen-bond donors (Lipinski definition) is 1. The molecule has 0 radical (unpaired) electrons. The molecule has 0 aromatic heterocycles. The van der Waals surface area contributed by atoms with Crippen LogP contribution in [0.1, 0.15) is 38.7 Å². The van der Waals surface area contributed by atoms with E-state index in [1.165, 1.54) is 17.0 Å². The third-order valence-electron chi connectivity index (χ3n) is 4.50. The van der Waals surface area contributed by atoms with Crippen LogP contribution in [0.2, 0.25) is 0 Å². The van der Waals surface area contributed by atoms with Crippen LogP contribution in [0.15, 0.2) is 24.3 Å². The summed E-state index contributed by atoms with van der Waals surface area (Å²) < 4.78 is 12.9. The maximum Gasteiger partial charge on any atom is 0.233 e. The maximum absolute atomic E-state index is 12.9. The molecule has 0 aliphatic carbocycles. The predicted molar refractivity (Wildman–Crippen MR) is 80.5 cm³/mol. The van der Waals surface area contributed by atoms with Crippen molar-refractivity contribution >= 4 is 11.8 Å². The van der Waals surface area contributed by atoms with Crippen molar-refractivity contribution in [3.05, 3.63) is 35.6 Å². The first-order valence-corrected chi connectivity index (χ1v) is 7.69. The molecule has 22 heavy (non-hydrogen) atoms. The Kier molecular flexibility index (Phi) is 4.96. The third kappa shape index (κ3) is 3.53.